The van der Waals surface area contributed by atoms with Gasteiger partial charge in [-0.2, -0.15) is 0 Å². The molecule has 0 radical (unpaired) electrons. The predicted molar refractivity (Wildman–Crippen MR) is 46.4 cm³/mol. The summed E-state index contributed by atoms with van der Waals surface area (Å²) in [5, 5.41) is 0. The molecule has 0 aliphatic carbocycles. The Hall–Kier alpha value is -0.0800. The predicted octanol–water partition coefficient (Wildman–Crippen LogP) is 0.541. The molecule has 2 nitrogen and oxygen atoms in total. The first kappa shape index (κ1) is 7.56. The van der Waals surface area contributed by atoms with Crippen molar-refractivity contribution in [2.75, 3.05) is 39.3 Å². The molecule has 1 atom stereocenters. The van der Waals surface area contributed by atoms with E-state index in [9.17, 15) is 0 Å². The Kier molecular flexibility index (Phi) is 1.69. The summed E-state index contributed by atoms with van der Waals surface area (Å²) >= 11 is 0. The van der Waals surface area contributed by atoms with Gasteiger partial charge < -0.3 is 4.48 Å². The van der Waals surface area contributed by atoms with E-state index in [0.717, 1.165) is 6.04 Å². The maximum Gasteiger partial charge on any atom is 0.0991 e. The van der Waals surface area contributed by atoms with Crippen molar-refractivity contribution < 1.29 is 4.48 Å². The molecule has 3 fully saturated rings. The first-order valence-corrected chi connectivity index (χ1v) is 4.85. The lowest BCUT2D eigenvalue weighted by Gasteiger charge is -2.54. The lowest BCUT2D eigenvalue weighted by Crippen LogP contribution is -2.71. The van der Waals surface area contributed by atoms with Crippen molar-refractivity contribution in [3.63, 3.8) is 0 Å². The first-order chi connectivity index (χ1) is 5.27. The highest BCUT2D eigenvalue weighted by Gasteiger charge is 2.42. The molecule has 11 heavy (non-hydrogen) atoms. The standard InChI is InChI=1S/C9H19N2/c1-3-11-6-4-10(5-7-11)8-9(11)2/h9H,3-8H2,1-2H3/q+1. The third kappa shape index (κ3) is 1.00. The molecule has 3 rings (SSSR count). The molecule has 3 heterocycles. The fourth-order valence-corrected chi connectivity index (χ4v) is 2.70. The molecule has 0 aromatic heterocycles. The van der Waals surface area contributed by atoms with Crippen LogP contribution in [0.3, 0.4) is 0 Å². The topological polar surface area (TPSA) is 3.24 Å². The van der Waals surface area contributed by atoms with Crippen molar-refractivity contribution in [1.82, 2.24) is 4.90 Å². The molecule has 64 valence electrons. The van der Waals surface area contributed by atoms with E-state index in [1.165, 1.54) is 43.8 Å². The second-order valence-electron chi connectivity index (χ2n) is 4.13. The van der Waals surface area contributed by atoms with Crippen LogP contribution in [0.2, 0.25) is 0 Å². The molecule has 0 aromatic carbocycles. The fourth-order valence-electron chi connectivity index (χ4n) is 2.70. The van der Waals surface area contributed by atoms with Gasteiger partial charge in [0.05, 0.1) is 32.2 Å². The first-order valence-electron chi connectivity index (χ1n) is 4.85. The molecule has 0 aromatic rings. The van der Waals surface area contributed by atoms with Crippen molar-refractivity contribution >= 4 is 0 Å². The van der Waals surface area contributed by atoms with Crippen molar-refractivity contribution in [3.8, 4) is 0 Å². The Labute approximate surface area is 69.4 Å². The smallest absolute Gasteiger partial charge is 0.0991 e. The molecule has 1 unspecified atom stereocenters. The van der Waals surface area contributed by atoms with Gasteiger partial charge in [0.15, 0.2) is 0 Å². The van der Waals surface area contributed by atoms with E-state index >= 15 is 0 Å². The summed E-state index contributed by atoms with van der Waals surface area (Å²) in [4.78, 5) is 2.61. The van der Waals surface area contributed by atoms with Crippen LogP contribution in [0.1, 0.15) is 13.8 Å². The third-order valence-electron chi connectivity index (χ3n) is 3.81. The van der Waals surface area contributed by atoms with Gasteiger partial charge in [-0.05, 0) is 13.8 Å². The molecular formula is C9H19N2+. The zero-order chi connectivity index (χ0) is 7.90. The lowest BCUT2D eigenvalue weighted by molar-refractivity contribution is -0.960. The van der Waals surface area contributed by atoms with Gasteiger partial charge >= 0.3 is 0 Å². The Morgan fingerprint density at radius 2 is 2.00 bits per heavy atom. The number of hydrogen-bond acceptors (Lipinski definition) is 1. The number of likely N-dealkylation sites (N-methyl/N-ethyl adjacent to an activating group) is 1. The second kappa shape index (κ2) is 2.46. The van der Waals surface area contributed by atoms with Crippen LogP contribution < -0.4 is 0 Å². The van der Waals surface area contributed by atoms with Crippen molar-refractivity contribution in [2.45, 2.75) is 19.9 Å². The average molecular weight is 155 g/mol. The number of rotatable bonds is 1. The van der Waals surface area contributed by atoms with Crippen LogP contribution in [0.15, 0.2) is 0 Å². The molecule has 3 aliphatic rings. The highest BCUT2D eigenvalue weighted by molar-refractivity contribution is 4.75. The van der Waals surface area contributed by atoms with Gasteiger partial charge in [0.1, 0.15) is 0 Å². The summed E-state index contributed by atoms with van der Waals surface area (Å²) in [7, 11) is 0. The molecule has 0 N–H and O–H groups in total. The van der Waals surface area contributed by atoms with Gasteiger partial charge in [-0.3, -0.25) is 4.90 Å². The maximum atomic E-state index is 2.61. The molecule has 0 amide bonds. The Balaban J connectivity index is 2.16. The number of fused-ring (bicyclic) bond motifs is 3. The minimum Gasteiger partial charge on any atom is -0.318 e. The zero-order valence-electron chi connectivity index (χ0n) is 7.71. The van der Waals surface area contributed by atoms with E-state index < -0.39 is 0 Å². The summed E-state index contributed by atoms with van der Waals surface area (Å²) in [6.07, 6.45) is 0. The molecule has 0 spiro atoms. The SMILES string of the molecule is CC[N+]12CCN(CC1)CC2C. The molecule has 3 saturated heterocycles. The van der Waals surface area contributed by atoms with Crippen LogP contribution in [0.25, 0.3) is 0 Å². The Morgan fingerprint density at radius 1 is 1.36 bits per heavy atom. The number of piperazine rings is 3. The van der Waals surface area contributed by atoms with E-state index in [4.69, 9.17) is 0 Å². The summed E-state index contributed by atoms with van der Waals surface area (Å²) < 4.78 is 1.40. The quantitative estimate of drug-likeness (QED) is 0.500. The van der Waals surface area contributed by atoms with Crippen LogP contribution in [0.5, 0.6) is 0 Å². The molecule has 0 saturated carbocycles. The van der Waals surface area contributed by atoms with E-state index in [2.05, 4.69) is 18.7 Å². The van der Waals surface area contributed by atoms with Crippen LogP contribution in [0.4, 0.5) is 0 Å². The van der Waals surface area contributed by atoms with Gasteiger partial charge in [0.2, 0.25) is 0 Å². The van der Waals surface area contributed by atoms with E-state index in [0.29, 0.717) is 0 Å². The van der Waals surface area contributed by atoms with E-state index in [1.54, 1.807) is 0 Å². The lowest BCUT2D eigenvalue weighted by atomic mass is 10.0. The maximum absolute atomic E-state index is 2.61. The average Bonchev–Trinajstić information content (AvgIpc) is 2.07. The Morgan fingerprint density at radius 3 is 2.36 bits per heavy atom. The van der Waals surface area contributed by atoms with Crippen molar-refractivity contribution in [1.29, 1.82) is 0 Å². The molecule has 2 heteroatoms. The largest absolute Gasteiger partial charge is 0.318 e. The second-order valence-corrected chi connectivity index (χ2v) is 4.13. The minimum atomic E-state index is 0.891. The van der Waals surface area contributed by atoms with E-state index in [1.807, 2.05) is 0 Å². The zero-order valence-corrected chi connectivity index (χ0v) is 7.71. The number of nitrogens with zero attached hydrogens (tertiary/aromatic N) is 2. The van der Waals surface area contributed by atoms with Crippen molar-refractivity contribution in [2.24, 2.45) is 0 Å². The highest BCUT2D eigenvalue weighted by Crippen LogP contribution is 2.24. The van der Waals surface area contributed by atoms with Gasteiger partial charge in [0, 0.05) is 13.1 Å². The number of hydrogen-bond donors (Lipinski definition) is 0. The highest BCUT2D eigenvalue weighted by atomic mass is 15.5. The normalized spacial score (nSPS) is 49.6. The summed E-state index contributed by atoms with van der Waals surface area (Å²) in [6, 6.07) is 0.891. The summed E-state index contributed by atoms with van der Waals surface area (Å²) in [5.74, 6) is 0. The van der Waals surface area contributed by atoms with Gasteiger partial charge in [-0.25, -0.2) is 0 Å². The van der Waals surface area contributed by atoms with Gasteiger partial charge in [-0.15, -0.1) is 0 Å². The van der Waals surface area contributed by atoms with E-state index in [-0.39, 0.29) is 0 Å². The summed E-state index contributed by atoms with van der Waals surface area (Å²) in [5.41, 5.74) is 0. The van der Waals surface area contributed by atoms with Gasteiger partial charge in [0.25, 0.3) is 0 Å². The summed E-state index contributed by atoms with van der Waals surface area (Å²) in [6.45, 7) is 12.9. The van der Waals surface area contributed by atoms with Crippen LogP contribution in [-0.4, -0.2) is 54.7 Å². The van der Waals surface area contributed by atoms with Gasteiger partial charge in [-0.1, -0.05) is 0 Å². The minimum absolute atomic E-state index is 0.891. The Bertz CT molecular complexity index is 148. The third-order valence-corrected chi connectivity index (χ3v) is 3.81. The molecular weight excluding hydrogens is 136 g/mol. The van der Waals surface area contributed by atoms with Crippen LogP contribution >= 0.6 is 0 Å². The molecule has 2 bridgehead atoms. The fraction of sp³-hybridized carbons (Fsp3) is 1.00. The number of quaternary nitrogens is 1. The van der Waals surface area contributed by atoms with Crippen molar-refractivity contribution in [3.05, 3.63) is 0 Å². The van der Waals surface area contributed by atoms with Crippen LogP contribution in [0, 0.1) is 0 Å². The monoisotopic (exact) mass is 155 g/mol. The van der Waals surface area contributed by atoms with Crippen LogP contribution in [-0.2, 0) is 0 Å². The molecule has 3 aliphatic heterocycles.